The second-order valence-corrected chi connectivity index (χ2v) is 5.22. The summed E-state index contributed by atoms with van der Waals surface area (Å²) < 4.78 is 0. The Balaban J connectivity index is 2.13. The average molecular weight is 259 g/mol. The lowest BCUT2D eigenvalue weighted by molar-refractivity contribution is 0.0993. The molecule has 0 amide bonds. The number of likely N-dealkylation sites (N-methyl/N-ethyl adjacent to an activating group) is 1. The quantitative estimate of drug-likeness (QED) is 0.808. The summed E-state index contributed by atoms with van der Waals surface area (Å²) in [5.74, 6) is 0.212. The Kier molecular flexibility index (Phi) is 4.67. The Morgan fingerprint density at radius 2 is 2.06 bits per heavy atom. The molecule has 0 fully saturated rings. The van der Waals surface area contributed by atoms with E-state index in [1.807, 2.05) is 48.8 Å². The lowest BCUT2D eigenvalue weighted by atomic mass is 9.99. The average Bonchev–Trinajstić information content (AvgIpc) is 2.89. The first-order chi connectivity index (χ1) is 8.81. The summed E-state index contributed by atoms with van der Waals surface area (Å²) in [5.41, 5.74) is 1.99. The minimum absolute atomic E-state index is 0.212. The van der Waals surface area contributed by atoms with Crippen molar-refractivity contribution in [2.75, 3.05) is 13.6 Å². The van der Waals surface area contributed by atoms with E-state index >= 15 is 0 Å². The molecular formula is C15H17NOS. The molecule has 0 aliphatic heterocycles. The van der Waals surface area contributed by atoms with Crippen LogP contribution in [0.25, 0.3) is 0 Å². The van der Waals surface area contributed by atoms with Gasteiger partial charge in [-0.25, -0.2) is 0 Å². The highest BCUT2D eigenvalue weighted by Gasteiger charge is 2.11. The first kappa shape index (κ1) is 13.0. The van der Waals surface area contributed by atoms with Crippen molar-refractivity contribution in [2.45, 2.75) is 12.8 Å². The summed E-state index contributed by atoms with van der Waals surface area (Å²) >= 11 is 1.64. The predicted molar refractivity (Wildman–Crippen MR) is 76.4 cm³/mol. The molecule has 0 bridgehead atoms. The molecule has 2 rings (SSSR count). The predicted octanol–water partition coefficient (Wildman–Crippen LogP) is 2.94. The number of hydrogen-bond acceptors (Lipinski definition) is 3. The molecule has 0 radical (unpaired) electrons. The maximum atomic E-state index is 12.3. The summed E-state index contributed by atoms with van der Waals surface area (Å²) in [4.78, 5) is 13.4. The van der Waals surface area contributed by atoms with E-state index in [1.165, 1.54) is 0 Å². The van der Waals surface area contributed by atoms with Gasteiger partial charge in [-0.05, 0) is 37.0 Å². The van der Waals surface area contributed by atoms with Gasteiger partial charge < -0.3 is 5.32 Å². The number of carbonyl (C=O) groups excluding carboxylic acids is 1. The van der Waals surface area contributed by atoms with Gasteiger partial charge in [-0.15, -0.1) is 11.3 Å². The van der Waals surface area contributed by atoms with Crippen molar-refractivity contribution in [3.05, 3.63) is 57.8 Å². The van der Waals surface area contributed by atoms with E-state index in [4.69, 9.17) is 0 Å². The highest BCUT2D eigenvalue weighted by molar-refractivity contribution is 7.10. The fourth-order valence-corrected chi connectivity index (χ4v) is 2.64. The molecule has 0 aliphatic rings. The van der Waals surface area contributed by atoms with Gasteiger partial charge in [0, 0.05) is 16.9 Å². The smallest absolute Gasteiger partial charge is 0.168 e. The molecule has 0 saturated carbocycles. The van der Waals surface area contributed by atoms with Crippen molar-refractivity contribution in [2.24, 2.45) is 0 Å². The second kappa shape index (κ2) is 6.47. The number of rotatable bonds is 6. The van der Waals surface area contributed by atoms with Gasteiger partial charge in [-0.3, -0.25) is 4.79 Å². The standard InChI is InChI=1S/C15H17NOS/c1-16-9-8-12-5-2-3-7-14(12)15(17)11-13-6-4-10-18-13/h2-7,10,16H,8-9,11H2,1H3. The number of nitrogens with one attached hydrogen (secondary N) is 1. The molecule has 2 nitrogen and oxygen atoms in total. The van der Waals surface area contributed by atoms with E-state index < -0.39 is 0 Å². The Morgan fingerprint density at radius 3 is 2.78 bits per heavy atom. The van der Waals surface area contributed by atoms with Crippen LogP contribution in [0.15, 0.2) is 41.8 Å². The van der Waals surface area contributed by atoms with Crippen LogP contribution in [0.5, 0.6) is 0 Å². The van der Waals surface area contributed by atoms with Crippen LogP contribution in [0, 0.1) is 0 Å². The summed E-state index contributed by atoms with van der Waals surface area (Å²) in [6, 6.07) is 11.9. The van der Waals surface area contributed by atoms with E-state index in [-0.39, 0.29) is 5.78 Å². The van der Waals surface area contributed by atoms with Gasteiger partial charge in [-0.2, -0.15) is 0 Å². The number of benzene rings is 1. The minimum atomic E-state index is 0.212. The minimum Gasteiger partial charge on any atom is -0.319 e. The first-order valence-electron chi connectivity index (χ1n) is 6.09. The van der Waals surface area contributed by atoms with E-state index in [2.05, 4.69) is 5.32 Å². The van der Waals surface area contributed by atoms with E-state index in [0.717, 1.165) is 29.0 Å². The first-order valence-corrected chi connectivity index (χ1v) is 6.97. The number of ketones is 1. The molecule has 1 aromatic carbocycles. The molecule has 18 heavy (non-hydrogen) atoms. The van der Waals surface area contributed by atoms with Crippen molar-refractivity contribution in [1.29, 1.82) is 0 Å². The van der Waals surface area contributed by atoms with Gasteiger partial charge in [-0.1, -0.05) is 30.3 Å². The summed E-state index contributed by atoms with van der Waals surface area (Å²) in [7, 11) is 1.93. The van der Waals surface area contributed by atoms with Crippen LogP contribution in [-0.2, 0) is 12.8 Å². The van der Waals surface area contributed by atoms with Crippen LogP contribution in [0.1, 0.15) is 20.8 Å². The summed E-state index contributed by atoms with van der Waals surface area (Å²) in [6.07, 6.45) is 1.40. The van der Waals surface area contributed by atoms with E-state index in [9.17, 15) is 4.79 Å². The molecule has 1 N–H and O–H groups in total. The van der Waals surface area contributed by atoms with Gasteiger partial charge in [0.05, 0.1) is 0 Å². The topological polar surface area (TPSA) is 29.1 Å². The molecular weight excluding hydrogens is 242 g/mol. The third kappa shape index (κ3) is 3.28. The van der Waals surface area contributed by atoms with E-state index in [0.29, 0.717) is 6.42 Å². The van der Waals surface area contributed by atoms with Crippen molar-refractivity contribution in [1.82, 2.24) is 5.32 Å². The van der Waals surface area contributed by atoms with Crippen molar-refractivity contribution in [3.8, 4) is 0 Å². The Labute approximate surface area is 112 Å². The third-order valence-electron chi connectivity index (χ3n) is 2.88. The van der Waals surface area contributed by atoms with Crippen LogP contribution in [0.3, 0.4) is 0 Å². The SMILES string of the molecule is CNCCc1ccccc1C(=O)Cc1cccs1. The molecule has 0 atom stereocenters. The van der Waals surface area contributed by atoms with Crippen molar-refractivity contribution < 1.29 is 4.79 Å². The van der Waals surface area contributed by atoms with Gasteiger partial charge in [0.1, 0.15) is 0 Å². The molecule has 2 aromatic rings. The van der Waals surface area contributed by atoms with Gasteiger partial charge in [0.15, 0.2) is 5.78 Å². The zero-order chi connectivity index (χ0) is 12.8. The highest BCUT2D eigenvalue weighted by Crippen LogP contribution is 2.16. The Hall–Kier alpha value is -1.45. The molecule has 0 unspecified atom stereocenters. The van der Waals surface area contributed by atoms with E-state index in [1.54, 1.807) is 11.3 Å². The number of thiophene rings is 1. The molecule has 0 spiro atoms. The van der Waals surface area contributed by atoms with Crippen LogP contribution in [0.2, 0.25) is 0 Å². The largest absolute Gasteiger partial charge is 0.319 e. The maximum Gasteiger partial charge on any atom is 0.168 e. The number of Topliss-reactive ketones (excluding diaryl/α,β-unsaturated/α-hetero) is 1. The molecule has 94 valence electrons. The van der Waals surface area contributed by atoms with Crippen molar-refractivity contribution >= 4 is 17.1 Å². The van der Waals surface area contributed by atoms with Gasteiger partial charge in [0.2, 0.25) is 0 Å². The van der Waals surface area contributed by atoms with Gasteiger partial charge in [0.25, 0.3) is 0 Å². The fourth-order valence-electron chi connectivity index (χ4n) is 1.94. The summed E-state index contributed by atoms with van der Waals surface area (Å²) in [5, 5.41) is 5.13. The highest BCUT2D eigenvalue weighted by atomic mass is 32.1. The Bertz CT molecular complexity index is 505. The fraction of sp³-hybridized carbons (Fsp3) is 0.267. The summed E-state index contributed by atoms with van der Waals surface area (Å²) in [6.45, 7) is 0.892. The number of carbonyl (C=O) groups is 1. The second-order valence-electron chi connectivity index (χ2n) is 4.19. The lowest BCUT2D eigenvalue weighted by Crippen LogP contribution is -2.13. The van der Waals surface area contributed by atoms with Crippen molar-refractivity contribution in [3.63, 3.8) is 0 Å². The zero-order valence-corrected chi connectivity index (χ0v) is 11.3. The third-order valence-corrected chi connectivity index (χ3v) is 3.75. The maximum absolute atomic E-state index is 12.3. The van der Waals surface area contributed by atoms with Gasteiger partial charge >= 0.3 is 0 Å². The molecule has 0 saturated heterocycles. The lowest BCUT2D eigenvalue weighted by Gasteiger charge is -2.07. The van der Waals surface area contributed by atoms with Crippen LogP contribution in [0.4, 0.5) is 0 Å². The Morgan fingerprint density at radius 1 is 1.22 bits per heavy atom. The molecule has 3 heteroatoms. The monoisotopic (exact) mass is 259 g/mol. The zero-order valence-electron chi connectivity index (χ0n) is 10.5. The molecule has 1 aromatic heterocycles. The normalized spacial score (nSPS) is 10.5. The van der Waals surface area contributed by atoms with Crippen LogP contribution < -0.4 is 5.32 Å². The number of hydrogen-bond donors (Lipinski definition) is 1. The molecule has 1 heterocycles. The molecule has 0 aliphatic carbocycles. The van der Waals surface area contributed by atoms with Crippen LogP contribution in [-0.4, -0.2) is 19.4 Å². The van der Waals surface area contributed by atoms with Crippen LogP contribution >= 0.6 is 11.3 Å².